The molecular formula is C13H16BrFN2O. The SMILES string of the molecule is CC1CC(N)CCN1C(=O)c1ccc(F)cc1Br. The minimum Gasteiger partial charge on any atom is -0.336 e. The smallest absolute Gasteiger partial charge is 0.255 e. The fourth-order valence-electron chi connectivity index (χ4n) is 2.33. The van der Waals surface area contributed by atoms with Crippen LogP contribution in [0, 0.1) is 5.82 Å². The van der Waals surface area contributed by atoms with Crippen LogP contribution in [0.3, 0.4) is 0 Å². The molecule has 1 amide bonds. The molecule has 1 fully saturated rings. The fraction of sp³-hybridized carbons (Fsp3) is 0.462. The lowest BCUT2D eigenvalue weighted by molar-refractivity contribution is 0.0618. The molecule has 1 aliphatic rings. The van der Waals surface area contributed by atoms with Crippen molar-refractivity contribution in [3.63, 3.8) is 0 Å². The molecule has 0 aromatic heterocycles. The van der Waals surface area contributed by atoms with Gasteiger partial charge in [-0.15, -0.1) is 0 Å². The summed E-state index contributed by atoms with van der Waals surface area (Å²) in [5, 5.41) is 0. The summed E-state index contributed by atoms with van der Waals surface area (Å²) in [5.41, 5.74) is 6.38. The maximum absolute atomic E-state index is 13.0. The van der Waals surface area contributed by atoms with Gasteiger partial charge in [-0.1, -0.05) is 0 Å². The highest BCUT2D eigenvalue weighted by Gasteiger charge is 2.28. The predicted molar refractivity (Wildman–Crippen MR) is 71.8 cm³/mol. The Morgan fingerprint density at radius 2 is 2.28 bits per heavy atom. The normalized spacial score (nSPS) is 24.1. The first-order chi connectivity index (χ1) is 8.49. The molecule has 18 heavy (non-hydrogen) atoms. The van der Waals surface area contributed by atoms with E-state index in [0.29, 0.717) is 16.6 Å². The monoisotopic (exact) mass is 314 g/mol. The minimum atomic E-state index is -0.355. The van der Waals surface area contributed by atoms with E-state index in [0.717, 1.165) is 12.8 Å². The lowest BCUT2D eigenvalue weighted by Gasteiger charge is -2.36. The van der Waals surface area contributed by atoms with Crippen LogP contribution in [-0.4, -0.2) is 29.4 Å². The quantitative estimate of drug-likeness (QED) is 0.866. The average molecular weight is 315 g/mol. The van der Waals surface area contributed by atoms with Gasteiger partial charge >= 0.3 is 0 Å². The van der Waals surface area contributed by atoms with Gasteiger partial charge in [-0.25, -0.2) is 4.39 Å². The molecule has 2 rings (SSSR count). The molecule has 0 aliphatic carbocycles. The number of carbonyl (C=O) groups excluding carboxylic acids is 1. The first kappa shape index (κ1) is 13.5. The lowest BCUT2D eigenvalue weighted by Crippen LogP contribution is -2.48. The number of benzene rings is 1. The zero-order valence-electron chi connectivity index (χ0n) is 10.2. The van der Waals surface area contributed by atoms with Crippen molar-refractivity contribution in [2.45, 2.75) is 31.8 Å². The van der Waals surface area contributed by atoms with E-state index < -0.39 is 0 Å². The molecule has 1 aliphatic heterocycles. The van der Waals surface area contributed by atoms with Crippen LogP contribution >= 0.6 is 15.9 Å². The highest BCUT2D eigenvalue weighted by atomic mass is 79.9. The molecule has 0 bridgehead atoms. The van der Waals surface area contributed by atoms with E-state index >= 15 is 0 Å². The Hall–Kier alpha value is -0.940. The summed E-state index contributed by atoms with van der Waals surface area (Å²) in [5.74, 6) is -0.423. The van der Waals surface area contributed by atoms with Crippen LogP contribution in [0.1, 0.15) is 30.1 Å². The number of likely N-dealkylation sites (tertiary alicyclic amines) is 1. The van der Waals surface area contributed by atoms with Crippen molar-refractivity contribution >= 4 is 21.8 Å². The summed E-state index contributed by atoms with van der Waals surface area (Å²) >= 11 is 3.23. The zero-order valence-corrected chi connectivity index (χ0v) is 11.8. The maximum atomic E-state index is 13.0. The molecule has 1 heterocycles. The number of nitrogens with two attached hydrogens (primary N) is 1. The van der Waals surface area contributed by atoms with Gasteiger partial charge in [0.15, 0.2) is 0 Å². The van der Waals surface area contributed by atoms with E-state index in [1.54, 1.807) is 4.90 Å². The number of amides is 1. The first-order valence-corrected chi connectivity index (χ1v) is 6.80. The van der Waals surface area contributed by atoms with Gasteiger partial charge < -0.3 is 10.6 Å². The Labute approximate surface area is 114 Å². The number of hydrogen-bond donors (Lipinski definition) is 1. The van der Waals surface area contributed by atoms with E-state index in [2.05, 4.69) is 15.9 Å². The molecular weight excluding hydrogens is 299 g/mol. The summed E-state index contributed by atoms with van der Waals surface area (Å²) in [6.07, 6.45) is 1.62. The summed E-state index contributed by atoms with van der Waals surface area (Å²) < 4.78 is 13.5. The Bertz CT molecular complexity index is 466. The molecule has 2 unspecified atom stereocenters. The third-order valence-corrected chi connectivity index (χ3v) is 4.00. The van der Waals surface area contributed by atoms with Crippen LogP contribution in [0.15, 0.2) is 22.7 Å². The molecule has 3 nitrogen and oxygen atoms in total. The van der Waals surface area contributed by atoms with Crippen LogP contribution in [0.2, 0.25) is 0 Å². The van der Waals surface area contributed by atoms with Gasteiger partial charge in [-0.2, -0.15) is 0 Å². The van der Waals surface area contributed by atoms with Crippen LogP contribution in [0.5, 0.6) is 0 Å². The van der Waals surface area contributed by atoms with E-state index in [9.17, 15) is 9.18 Å². The van der Waals surface area contributed by atoms with E-state index in [1.165, 1.54) is 18.2 Å². The second kappa shape index (κ2) is 5.36. The Morgan fingerprint density at radius 1 is 1.56 bits per heavy atom. The number of nitrogens with zero attached hydrogens (tertiary/aromatic N) is 1. The second-order valence-corrected chi connectivity index (χ2v) is 5.61. The van der Waals surface area contributed by atoms with Crippen molar-refractivity contribution in [1.82, 2.24) is 4.90 Å². The highest BCUT2D eigenvalue weighted by Crippen LogP contribution is 2.23. The summed E-state index contributed by atoms with van der Waals surface area (Å²) in [7, 11) is 0. The van der Waals surface area contributed by atoms with E-state index in [-0.39, 0.29) is 23.8 Å². The highest BCUT2D eigenvalue weighted by molar-refractivity contribution is 9.10. The average Bonchev–Trinajstić information content (AvgIpc) is 2.28. The molecule has 5 heteroatoms. The van der Waals surface area contributed by atoms with Gasteiger partial charge in [0.1, 0.15) is 5.82 Å². The molecule has 0 saturated carbocycles. The zero-order chi connectivity index (χ0) is 13.3. The van der Waals surface area contributed by atoms with E-state index in [4.69, 9.17) is 5.73 Å². The van der Waals surface area contributed by atoms with Crippen LogP contribution < -0.4 is 5.73 Å². The Balaban J connectivity index is 2.20. The molecule has 2 N–H and O–H groups in total. The Kier molecular flexibility index (Phi) is 4.02. The molecule has 0 radical (unpaired) electrons. The predicted octanol–water partition coefficient (Wildman–Crippen LogP) is 2.54. The largest absolute Gasteiger partial charge is 0.336 e. The van der Waals surface area contributed by atoms with Crippen molar-refractivity contribution in [3.8, 4) is 0 Å². The fourth-order valence-corrected chi connectivity index (χ4v) is 2.85. The molecule has 1 aromatic carbocycles. The number of rotatable bonds is 1. The van der Waals surface area contributed by atoms with Gasteiger partial charge in [0.05, 0.1) is 5.56 Å². The van der Waals surface area contributed by atoms with Crippen molar-refractivity contribution < 1.29 is 9.18 Å². The van der Waals surface area contributed by atoms with Crippen LogP contribution in [-0.2, 0) is 0 Å². The van der Waals surface area contributed by atoms with Crippen molar-refractivity contribution in [2.75, 3.05) is 6.54 Å². The first-order valence-electron chi connectivity index (χ1n) is 6.00. The standard InChI is InChI=1S/C13H16BrFN2O/c1-8-6-10(16)4-5-17(8)13(18)11-3-2-9(15)7-12(11)14/h2-3,7-8,10H,4-6,16H2,1H3. The number of carbonyl (C=O) groups is 1. The Morgan fingerprint density at radius 3 is 2.89 bits per heavy atom. The van der Waals surface area contributed by atoms with Gasteiger partial charge in [0, 0.05) is 23.1 Å². The molecule has 1 saturated heterocycles. The van der Waals surface area contributed by atoms with E-state index in [1.807, 2.05) is 6.92 Å². The molecule has 0 spiro atoms. The van der Waals surface area contributed by atoms with Gasteiger partial charge in [-0.05, 0) is 53.9 Å². The number of halogens is 2. The summed E-state index contributed by atoms with van der Waals surface area (Å²) in [6, 6.07) is 4.42. The number of piperidine rings is 1. The molecule has 98 valence electrons. The maximum Gasteiger partial charge on any atom is 0.255 e. The lowest BCUT2D eigenvalue weighted by atomic mass is 9.98. The van der Waals surface area contributed by atoms with Gasteiger partial charge in [0.2, 0.25) is 0 Å². The molecule has 1 aromatic rings. The van der Waals surface area contributed by atoms with Crippen molar-refractivity contribution in [2.24, 2.45) is 5.73 Å². The minimum absolute atomic E-state index is 0.0683. The van der Waals surface area contributed by atoms with Crippen LogP contribution in [0.25, 0.3) is 0 Å². The van der Waals surface area contributed by atoms with Crippen LogP contribution in [0.4, 0.5) is 4.39 Å². The number of hydrogen-bond acceptors (Lipinski definition) is 2. The topological polar surface area (TPSA) is 46.3 Å². The third kappa shape index (κ3) is 2.72. The summed E-state index contributed by atoms with van der Waals surface area (Å²) in [6.45, 7) is 2.65. The summed E-state index contributed by atoms with van der Waals surface area (Å²) in [4.78, 5) is 14.2. The second-order valence-electron chi connectivity index (χ2n) is 4.76. The van der Waals surface area contributed by atoms with Crippen molar-refractivity contribution in [3.05, 3.63) is 34.1 Å². The van der Waals surface area contributed by atoms with Gasteiger partial charge in [0.25, 0.3) is 5.91 Å². The van der Waals surface area contributed by atoms with Gasteiger partial charge in [-0.3, -0.25) is 4.79 Å². The van der Waals surface area contributed by atoms with Crippen molar-refractivity contribution in [1.29, 1.82) is 0 Å². The molecule has 2 atom stereocenters. The third-order valence-electron chi connectivity index (χ3n) is 3.34.